The minimum Gasteiger partial charge on any atom is -0.367 e. The van der Waals surface area contributed by atoms with Gasteiger partial charge in [-0.15, -0.1) is 10.2 Å². The van der Waals surface area contributed by atoms with Crippen LogP contribution in [0.15, 0.2) is 41.1 Å². The van der Waals surface area contributed by atoms with Gasteiger partial charge in [0.1, 0.15) is 6.54 Å². The number of hydrogen-bond acceptors (Lipinski definition) is 6. The minimum absolute atomic E-state index is 0.00178. The van der Waals surface area contributed by atoms with Gasteiger partial charge in [0.15, 0.2) is 0 Å². The highest BCUT2D eigenvalue weighted by molar-refractivity contribution is 7.08. The van der Waals surface area contributed by atoms with Crippen LogP contribution in [-0.4, -0.2) is 57.2 Å². The van der Waals surface area contributed by atoms with Crippen molar-refractivity contribution in [3.8, 4) is 11.4 Å². The molecule has 3 aromatic rings. The Kier molecular flexibility index (Phi) is 4.85. The molecule has 0 atom stereocenters. The summed E-state index contributed by atoms with van der Waals surface area (Å²) in [7, 11) is 0. The maximum atomic E-state index is 12.5. The summed E-state index contributed by atoms with van der Waals surface area (Å²) in [6.45, 7) is 2.90. The zero-order chi connectivity index (χ0) is 17.9. The fourth-order valence-electron chi connectivity index (χ4n) is 2.94. The summed E-state index contributed by atoms with van der Waals surface area (Å²) < 4.78 is 0. The normalized spacial score (nSPS) is 14.7. The number of carbonyl (C=O) groups excluding carboxylic acids is 1. The standard InChI is InChI=1S/C17H17ClN6OS/c18-14-3-1-2-4-15(14)22-6-8-23(9-7-22)16(25)11-24-20-17(19-21-24)13-5-10-26-12-13/h1-5,10,12H,6-9,11H2. The van der Waals surface area contributed by atoms with Gasteiger partial charge in [0.25, 0.3) is 0 Å². The Morgan fingerprint density at radius 1 is 1.15 bits per heavy atom. The summed E-state index contributed by atoms with van der Waals surface area (Å²) in [6, 6.07) is 9.71. The van der Waals surface area contributed by atoms with Gasteiger partial charge in [0.05, 0.1) is 10.7 Å². The van der Waals surface area contributed by atoms with Gasteiger partial charge in [-0.05, 0) is 28.8 Å². The molecule has 7 nitrogen and oxygen atoms in total. The van der Waals surface area contributed by atoms with E-state index in [4.69, 9.17) is 11.6 Å². The van der Waals surface area contributed by atoms with Crippen molar-refractivity contribution in [2.24, 2.45) is 0 Å². The van der Waals surface area contributed by atoms with E-state index in [2.05, 4.69) is 20.3 Å². The van der Waals surface area contributed by atoms with Gasteiger partial charge in [0.2, 0.25) is 11.7 Å². The molecule has 26 heavy (non-hydrogen) atoms. The predicted octanol–water partition coefficient (Wildman–Crippen LogP) is 2.40. The Labute approximate surface area is 159 Å². The first-order valence-electron chi connectivity index (χ1n) is 8.28. The highest BCUT2D eigenvalue weighted by Gasteiger charge is 2.23. The molecule has 4 rings (SSSR count). The second kappa shape index (κ2) is 7.43. The van der Waals surface area contributed by atoms with Crippen LogP contribution in [0, 0.1) is 0 Å². The number of halogens is 1. The third-order valence-electron chi connectivity index (χ3n) is 4.33. The lowest BCUT2D eigenvalue weighted by Crippen LogP contribution is -2.49. The molecule has 0 N–H and O–H groups in total. The lowest BCUT2D eigenvalue weighted by molar-refractivity contribution is -0.132. The van der Waals surface area contributed by atoms with E-state index in [1.807, 2.05) is 46.0 Å². The van der Waals surface area contributed by atoms with Gasteiger partial charge >= 0.3 is 0 Å². The molecule has 1 saturated heterocycles. The van der Waals surface area contributed by atoms with Gasteiger partial charge in [0, 0.05) is 37.1 Å². The maximum Gasteiger partial charge on any atom is 0.246 e. The quantitative estimate of drug-likeness (QED) is 0.686. The van der Waals surface area contributed by atoms with Crippen LogP contribution in [0.3, 0.4) is 0 Å². The Morgan fingerprint density at radius 3 is 2.69 bits per heavy atom. The predicted molar refractivity (Wildman–Crippen MR) is 101 cm³/mol. The summed E-state index contributed by atoms with van der Waals surface area (Å²) in [5.74, 6) is 0.542. The van der Waals surface area contributed by atoms with Gasteiger partial charge < -0.3 is 9.80 Å². The van der Waals surface area contributed by atoms with Gasteiger partial charge in [-0.25, -0.2) is 0 Å². The second-order valence-electron chi connectivity index (χ2n) is 5.97. The number of nitrogens with zero attached hydrogens (tertiary/aromatic N) is 6. The van der Waals surface area contributed by atoms with Gasteiger partial charge in [-0.2, -0.15) is 16.1 Å². The van der Waals surface area contributed by atoms with Gasteiger partial charge in [-0.3, -0.25) is 4.79 Å². The van der Waals surface area contributed by atoms with Crippen molar-refractivity contribution in [1.29, 1.82) is 0 Å². The summed E-state index contributed by atoms with van der Waals surface area (Å²) in [5.41, 5.74) is 1.93. The molecule has 2 aromatic heterocycles. The summed E-state index contributed by atoms with van der Waals surface area (Å²) in [5, 5.41) is 16.9. The number of para-hydroxylation sites is 1. The highest BCUT2D eigenvalue weighted by atomic mass is 35.5. The molecule has 1 fully saturated rings. The number of amides is 1. The van der Waals surface area contributed by atoms with E-state index in [-0.39, 0.29) is 12.5 Å². The third-order valence-corrected chi connectivity index (χ3v) is 5.34. The van der Waals surface area contributed by atoms with Gasteiger partial charge in [-0.1, -0.05) is 23.7 Å². The molecule has 0 spiro atoms. The number of tetrazole rings is 1. The monoisotopic (exact) mass is 388 g/mol. The molecule has 0 bridgehead atoms. The topological polar surface area (TPSA) is 67.2 Å². The first kappa shape index (κ1) is 17.0. The Bertz CT molecular complexity index is 888. The van der Waals surface area contributed by atoms with Crippen LogP contribution in [0.25, 0.3) is 11.4 Å². The SMILES string of the molecule is O=C(Cn1nnc(-c2ccsc2)n1)N1CCN(c2ccccc2Cl)CC1. The molecule has 1 amide bonds. The molecule has 0 saturated carbocycles. The summed E-state index contributed by atoms with van der Waals surface area (Å²) >= 11 is 7.83. The molecule has 9 heteroatoms. The van der Waals surface area contributed by atoms with E-state index in [1.165, 1.54) is 4.80 Å². The summed E-state index contributed by atoms with van der Waals surface area (Å²) in [6.07, 6.45) is 0. The number of benzene rings is 1. The number of anilines is 1. The molecule has 134 valence electrons. The molecule has 1 aliphatic rings. The van der Waals surface area contributed by atoms with Crippen molar-refractivity contribution in [2.45, 2.75) is 6.54 Å². The molecular weight excluding hydrogens is 372 g/mol. The number of thiophene rings is 1. The van der Waals surface area contributed by atoms with Crippen molar-refractivity contribution in [2.75, 3.05) is 31.1 Å². The average Bonchev–Trinajstić information content (AvgIpc) is 3.34. The lowest BCUT2D eigenvalue weighted by atomic mass is 10.2. The number of rotatable bonds is 4. The maximum absolute atomic E-state index is 12.5. The third kappa shape index (κ3) is 3.56. The molecule has 0 unspecified atom stereocenters. The molecule has 0 radical (unpaired) electrons. The van der Waals surface area contributed by atoms with E-state index < -0.39 is 0 Å². The zero-order valence-electron chi connectivity index (χ0n) is 14.0. The smallest absolute Gasteiger partial charge is 0.246 e. The van der Waals surface area contributed by atoms with Crippen molar-refractivity contribution in [1.82, 2.24) is 25.1 Å². The van der Waals surface area contributed by atoms with E-state index in [0.29, 0.717) is 18.9 Å². The van der Waals surface area contributed by atoms with E-state index in [9.17, 15) is 4.79 Å². The minimum atomic E-state index is -0.00178. The van der Waals surface area contributed by atoms with E-state index in [1.54, 1.807) is 11.3 Å². The largest absolute Gasteiger partial charge is 0.367 e. The van der Waals surface area contributed by atoms with Crippen LogP contribution in [0.4, 0.5) is 5.69 Å². The van der Waals surface area contributed by atoms with Crippen molar-refractivity contribution < 1.29 is 4.79 Å². The van der Waals surface area contributed by atoms with E-state index >= 15 is 0 Å². The van der Waals surface area contributed by atoms with Crippen molar-refractivity contribution >= 4 is 34.5 Å². The molecule has 1 aliphatic heterocycles. The number of carbonyl (C=O) groups is 1. The number of hydrogen-bond donors (Lipinski definition) is 0. The molecule has 0 aliphatic carbocycles. The van der Waals surface area contributed by atoms with Crippen LogP contribution in [0.5, 0.6) is 0 Å². The molecule has 3 heterocycles. The average molecular weight is 389 g/mol. The molecular formula is C17H17ClN6OS. The van der Waals surface area contributed by atoms with Crippen LogP contribution in [-0.2, 0) is 11.3 Å². The van der Waals surface area contributed by atoms with Crippen LogP contribution in [0.2, 0.25) is 5.02 Å². The Morgan fingerprint density at radius 2 is 1.96 bits per heavy atom. The fraction of sp³-hybridized carbons (Fsp3) is 0.294. The first-order chi connectivity index (χ1) is 12.7. The highest BCUT2D eigenvalue weighted by Crippen LogP contribution is 2.26. The fourth-order valence-corrected chi connectivity index (χ4v) is 3.83. The zero-order valence-corrected chi connectivity index (χ0v) is 15.5. The lowest BCUT2D eigenvalue weighted by Gasteiger charge is -2.36. The Hall–Kier alpha value is -2.45. The number of aromatic nitrogens is 4. The van der Waals surface area contributed by atoms with Crippen LogP contribution >= 0.6 is 22.9 Å². The second-order valence-corrected chi connectivity index (χ2v) is 7.16. The van der Waals surface area contributed by atoms with Crippen LogP contribution in [0.1, 0.15) is 0 Å². The number of piperazine rings is 1. The Balaban J connectivity index is 1.35. The summed E-state index contributed by atoms with van der Waals surface area (Å²) in [4.78, 5) is 17.9. The van der Waals surface area contributed by atoms with Crippen molar-refractivity contribution in [3.63, 3.8) is 0 Å². The van der Waals surface area contributed by atoms with E-state index in [0.717, 1.165) is 29.4 Å². The first-order valence-corrected chi connectivity index (χ1v) is 9.60. The molecule has 1 aromatic carbocycles. The van der Waals surface area contributed by atoms with Crippen LogP contribution < -0.4 is 4.90 Å². The van der Waals surface area contributed by atoms with Crippen molar-refractivity contribution in [3.05, 3.63) is 46.1 Å².